The lowest BCUT2D eigenvalue weighted by atomic mass is 10.0. The molecule has 0 aromatic heterocycles. The van der Waals surface area contributed by atoms with E-state index in [9.17, 15) is 0 Å². The fourth-order valence-corrected chi connectivity index (χ4v) is 2.42. The number of para-hydroxylation sites is 2. The molecule has 0 amide bonds. The van der Waals surface area contributed by atoms with Crippen molar-refractivity contribution in [2.75, 3.05) is 5.32 Å². The van der Waals surface area contributed by atoms with E-state index in [0.717, 1.165) is 23.5 Å². The highest BCUT2D eigenvalue weighted by Gasteiger charge is 2.15. The van der Waals surface area contributed by atoms with Crippen LogP contribution < -0.4 is 5.32 Å². The van der Waals surface area contributed by atoms with E-state index in [1.54, 1.807) is 0 Å². The topological polar surface area (TPSA) is 24.4 Å². The summed E-state index contributed by atoms with van der Waals surface area (Å²) in [5.41, 5.74) is 5.81. The van der Waals surface area contributed by atoms with Crippen LogP contribution in [-0.2, 0) is 0 Å². The molecule has 2 aromatic carbocycles. The summed E-state index contributed by atoms with van der Waals surface area (Å²) in [6.45, 7) is 4.31. The molecule has 1 atom stereocenters. The van der Waals surface area contributed by atoms with Crippen molar-refractivity contribution in [1.29, 1.82) is 0 Å². The zero-order valence-corrected chi connectivity index (χ0v) is 11.4. The Morgan fingerprint density at radius 2 is 1.79 bits per heavy atom. The molecule has 0 saturated carbocycles. The quantitative estimate of drug-likeness (QED) is 0.800. The van der Waals surface area contributed by atoms with Gasteiger partial charge in [0.25, 0.3) is 0 Å². The van der Waals surface area contributed by atoms with Gasteiger partial charge in [0, 0.05) is 12.5 Å². The summed E-state index contributed by atoms with van der Waals surface area (Å²) in [5.74, 6) is 0. The molecule has 96 valence electrons. The van der Waals surface area contributed by atoms with E-state index in [-0.39, 0.29) is 0 Å². The number of aryl methyl sites for hydroxylation is 1. The lowest BCUT2D eigenvalue weighted by Crippen LogP contribution is -2.18. The molecule has 0 spiro atoms. The van der Waals surface area contributed by atoms with Crippen molar-refractivity contribution in [3.05, 3.63) is 59.7 Å². The van der Waals surface area contributed by atoms with Crippen LogP contribution in [0.4, 0.5) is 11.4 Å². The molecule has 2 nitrogen and oxygen atoms in total. The Balaban J connectivity index is 2.06. The molecule has 1 aliphatic heterocycles. The van der Waals surface area contributed by atoms with Crippen LogP contribution in [0.1, 0.15) is 24.5 Å². The molecule has 0 bridgehead atoms. The molecule has 19 heavy (non-hydrogen) atoms. The number of rotatable bonds is 1. The lowest BCUT2D eigenvalue weighted by molar-refractivity contribution is 0.844. The zero-order valence-electron chi connectivity index (χ0n) is 11.4. The summed E-state index contributed by atoms with van der Waals surface area (Å²) in [6.07, 6.45) is 0.942. The van der Waals surface area contributed by atoms with Gasteiger partial charge in [-0.3, -0.25) is 4.99 Å². The van der Waals surface area contributed by atoms with Gasteiger partial charge in [0.1, 0.15) is 0 Å². The smallest absolute Gasteiger partial charge is 0.0864 e. The summed E-state index contributed by atoms with van der Waals surface area (Å²) < 4.78 is 0. The highest BCUT2D eigenvalue weighted by Crippen LogP contribution is 2.29. The predicted molar refractivity (Wildman–Crippen MR) is 81.5 cm³/mol. The highest BCUT2D eigenvalue weighted by molar-refractivity contribution is 6.04. The number of hydrogen-bond acceptors (Lipinski definition) is 2. The number of benzene rings is 2. The second-order valence-electron chi connectivity index (χ2n) is 5.19. The molecule has 3 rings (SSSR count). The van der Waals surface area contributed by atoms with Crippen molar-refractivity contribution in [3.8, 4) is 0 Å². The monoisotopic (exact) mass is 250 g/mol. The molecule has 2 heteroatoms. The van der Waals surface area contributed by atoms with E-state index in [4.69, 9.17) is 4.99 Å². The number of nitrogens with zero attached hydrogens (tertiary/aromatic N) is 1. The maximum atomic E-state index is 4.84. The summed E-state index contributed by atoms with van der Waals surface area (Å²) >= 11 is 0. The van der Waals surface area contributed by atoms with Crippen LogP contribution in [0.15, 0.2) is 53.5 Å². The summed E-state index contributed by atoms with van der Waals surface area (Å²) in [6, 6.07) is 17.2. The summed E-state index contributed by atoms with van der Waals surface area (Å²) in [5, 5.41) is 3.52. The van der Waals surface area contributed by atoms with E-state index < -0.39 is 0 Å². The predicted octanol–water partition coefficient (Wildman–Crippen LogP) is 4.32. The average molecular weight is 250 g/mol. The number of hydrogen-bond donors (Lipinski definition) is 1. The Kier molecular flexibility index (Phi) is 3.08. The first kappa shape index (κ1) is 12.0. The average Bonchev–Trinajstić information content (AvgIpc) is 2.57. The van der Waals surface area contributed by atoms with Crippen LogP contribution in [0, 0.1) is 6.92 Å². The van der Waals surface area contributed by atoms with Gasteiger partial charge in [-0.25, -0.2) is 0 Å². The molecule has 1 N–H and O–H groups in total. The molecule has 0 fully saturated rings. The Morgan fingerprint density at radius 1 is 1.05 bits per heavy atom. The maximum absolute atomic E-state index is 4.84. The molecule has 0 radical (unpaired) electrons. The number of anilines is 1. The van der Waals surface area contributed by atoms with Crippen molar-refractivity contribution in [1.82, 2.24) is 0 Å². The molecule has 1 aliphatic rings. The highest BCUT2D eigenvalue weighted by atomic mass is 15.0. The number of nitrogens with one attached hydrogen (secondary N) is 1. The van der Waals surface area contributed by atoms with Gasteiger partial charge in [-0.15, -0.1) is 0 Å². The van der Waals surface area contributed by atoms with Gasteiger partial charge in [-0.05, 0) is 31.5 Å². The molecule has 1 unspecified atom stereocenters. The lowest BCUT2D eigenvalue weighted by Gasteiger charge is -2.13. The van der Waals surface area contributed by atoms with E-state index in [2.05, 4.69) is 55.6 Å². The second-order valence-corrected chi connectivity index (χ2v) is 5.19. The molecule has 2 aromatic rings. The minimum absolute atomic E-state index is 0.392. The molecular weight excluding hydrogens is 232 g/mol. The van der Waals surface area contributed by atoms with Gasteiger partial charge in [0.15, 0.2) is 0 Å². The van der Waals surface area contributed by atoms with Crippen LogP contribution in [-0.4, -0.2) is 11.8 Å². The van der Waals surface area contributed by atoms with Gasteiger partial charge in [0.05, 0.1) is 17.1 Å². The standard InChI is InChI=1S/C17H18N2/c1-12-7-9-14(10-8-12)17-11-13(2)18-15-5-3-4-6-16(15)19-17/h3-10,13,18H,11H2,1-2H3. The second kappa shape index (κ2) is 4.88. The minimum atomic E-state index is 0.392. The first-order chi connectivity index (χ1) is 9.22. The first-order valence-corrected chi connectivity index (χ1v) is 6.72. The van der Waals surface area contributed by atoms with Crippen LogP contribution in [0.25, 0.3) is 0 Å². The third kappa shape index (κ3) is 2.53. The molecule has 0 aliphatic carbocycles. The first-order valence-electron chi connectivity index (χ1n) is 6.72. The SMILES string of the molecule is Cc1ccc(C2=Nc3ccccc3NC(C)C2)cc1. The fourth-order valence-electron chi connectivity index (χ4n) is 2.42. The molecular formula is C17H18N2. The van der Waals surface area contributed by atoms with E-state index >= 15 is 0 Å². The zero-order chi connectivity index (χ0) is 13.2. The Morgan fingerprint density at radius 3 is 2.58 bits per heavy atom. The van der Waals surface area contributed by atoms with Crippen LogP contribution in [0.3, 0.4) is 0 Å². The molecule has 0 saturated heterocycles. The van der Waals surface area contributed by atoms with Gasteiger partial charge < -0.3 is 5.32 Å². The van der Waals surface area contributed by atoms with Crippen molar-refractivity contribution < 1.29 is 0 Å². The van der Waals surface area contributed by atoms with Crippen LogP contribution in [0.5, 0.6) is 0 Å². The van der Waals surface area contributed by atoms with Gasteiger partial charge in [0.2, 0.25) is 0 Å². The van der Waals surface area contributed by atoms with Gasteiger partial charge in [-0.2, -0.15) is 0 Å². The largest absolute Gasteiger partial charge is 0.380 e. The third-order valence-corrected chi connectivity index (χ3v) is 3.45. The van der Waals surface area contributed by atoms with Crippen molar-refractivity contribution >= 4 is 17.1 Å². The van der Waals surface area contributed by atoms with E-state index in [1.807, 2.05) is 12.1 Å². The number of fused-ring (bicyclic) bond motifs is 1. The van der Waals surface area contributed by atoms with E-state index in [0.29, 0.717) is 6.04 Å². The maximum Gasteiger partial charge on any atom is 0.0864 e. The van der Waals surface area contributed by atoms with Crippen molar-refractivity contribution in [2.24, 2.45) is 4.99 Å². The summed E-state index contributed by atoms with van der Waals surface area (Å²) in [4.78, 5) is 4.84. The third-order valence-electron chi connectivity index (χ3n) is 3.45. The Hall–Kier alpha value is -2.09. The van der Waals surface area contributed by atoms with Gasteiger partial charge >= 0.3 is 0 Å². The Labute approximate surface area is 114 Å². The van der Waals surface area contributed by atoms with Crippen LogP contribution >= 0.6 is 0 Å². The molecule has 1 heterocycles. The van der Waals surface area contributed by atoms with Crippen LogP contribution in [0.2, 0.25) is 0 Å². The summed E-state index contributed by atoms with van der Waals surface area (Å²) in [7, 11) is 0. The number of aliphatic imine (C=N–C) groups is 1. The Bertz CT molecular complexity index is 611. The van der Waals surface area contributed by atoms with Crippen molar-refractivity contribution in [3.63, 3.8) is 0 Å². The van der Waals surface area contributed by atoms with Gasteiger partial charge in [-0.1, -0.05) is 42.0 Å². The normalized spacial score (nSPS) is 18.0. The fraction of sp³-hybridized carbons (Fsp3) is 0.235. The minimum Gasteiger partial charge on any atom is -0.380 e. The van der Waals surface area contributed by atoms with E-state index in [1.165, 1.54) is 11.1 Å². The van der Waals surface area contributed by atoms with Crippen molar-refractivity contribution in [2.45, 2.75) is 26.3 Å².